The van der Waals surface area contributed by atoms with Crippen molar-refractivity contribution in [2.45, 2.75) is 13.8 Å². The molecule has 1 heterocycles. The highest BCUT2D eigenvalue weighted by atomic mass is 32.1. The van der Waals surface area contributed by atoms with E-state index in [9.17, 15) is 4.79 Å². The van der Waals surface area contributed by atoms with Crippen LogP contribution >= 0.6 is 11.3 Å². The maximum absolute atomic E-state index is 12.3. The average Bonchev–Trinajstić information content (AvgIpc) is 2.80. The van der Waals surface area contributed by atoms with Gasteiger partial charge in [-0.1, -0.05) is 12.1 Å². The van der Waals surface area contributed by atoms with Crippen LogP contribution in [0.15, 0.2) is 29.6 Å². The molecule has 2 nitrogen and oxygen atoms in total. The molecule has 3 heteroatoms. The summed E-state index contributed by atoms with van der Waals surface area (Å²) < 4.78 is 5.33. The van der Waals surface area contributed by atoms with Crippen LogP contribution in [0.3, 0.4) is 0 Å². The van der Waals surface area contributed by atoms with Crippen molar-refractivity contribution in [1.82, 2.24) is 0 Å². The Labute approximate surface area is 105 Å². The normalized spacial score (nSPS) is 10.3. The fourth-order valence-corrected chi connectivity index (χ4v) is 2.61. The summed E-state index contributed by atoms with van der Waals surface area (Å²) in [7, 11) is 1.60. The lowest BCUT2D eigenvalue weighted by atomic mass is 10.0. The molecule has 17 heavy (non-hydrogen) atoms. The maximum Gasteiger partial charge on any atom is 0.206 e. The predicted molar refractivity (Wildman–Crippen MR) is 70.2 cm³/mol. The molecule has 0 saturated heterocycles. The third kappa shape index (κ3) is 2.24. The van der Waals surface area contributed by atoms with Gasteiger partial charge in [-0.3, -0.25) is 4.79 Å². The predicted octanol–water partition coefficient (Wildman–Crippen LogP) is 3.60. The molecule has 0 aliphatic heterocycles. The molecule has 0 N–H and O–H groups in total. The van der Waals surface area contributed by atoms with E-state index in [4.69, 9.17) is 4.74 Å². The van der Waals surface area contributed by atoms with E-state index in [-0.39, 0.29) is 5.78 Å². The molecule has 1 aromatic carbocycles. The number of carbonyl (C=O) groups is 1. The Kier molecular flexibility index (Phi) is 3.29. The van der Waals surface area contributed by atoms with E-state index in [1.54, 1.807) is 7.11 Å². The number of ether oxygens (including phenoxy) is 1. The number of carbonyl (C=O) groups excluding carboxylic acids is 1. The van der Waals surface area contributed by atoms with Crippen molar-refractivity contribution in [2.75, 3.05) is 7.11 Å². The number of thiophene rings is 1. The lowest BCUT2D eigenvalue weighted by molar-refractivity contribution is 0.103. The van der Waals surface area contributed by atoms with Crippen molar-refractivity contribution in [3.8, 4) is 5.75 Å². The van der Waals surface area contributed by atoms with Crippen molar-refractivity contribution in [2.24, 2.45) is 0 Å². The van der Waals surface area contributed by atoms with Gasteiger partial charge in [-0.05, 0) is 42.5 Å². The van der Waals surface area contributed by atoms with Crippen LogP contribution in [0.2, 0.25) is 0 Å². The van der Waals surface area contributed by atoms with E-state index in [1.807, 2.05) is 43.5 Å². The molecule has 0 amide bonds. The highest BCUT2D eigenvalue weighted by Crippen LogP contribution is 2.28. The molecule has 0 aliphatic carbocycles. The van der Waals surface area contributed by atoms with Crippen molar-refractivity contribution >= 4 is 17.1 Å². The zero-order chi connectivity index (χ0) is 12.4. The van der Waals surface area contributed by atoms with Crippen molar-refractivity contribution in [3.63, 3.8) is 0 Å². The van der Waals surface area contributed by atoms with Crippen molar-refractivity contribution in [3.05, 3.63) is 51.2 Å². The first kappa shape index (κ1) is 11.9. The topological polar surface area (TPSA) is 26.3 Å². The highest BCUT2D eigenvalue weighted by molar-refractivity contribution is 7.12. The number of ketones is 1. The van der Waals surface area contributed by atoms with Crippen LogP contribution in [0.1, 0.15) is 26.4 Å². The van der Waals surface area contributed by atoms with Gasteiger partial charge in [0.1, 0.15) is 5.75 Å². The van der Waals surface area contributed by atoms with Crippen molar-refractivity contribution in [1.29, 1.82) is 0 Å². The van der Waals surface area contributed by atoms with Crippen LogP contribution in [-0.2, 0) is 0 Å². The van der Waals surface area contributed by atoms with E-state index in [0.29, 0.717) is 11.3 Å². The molecule has 2 aromatic rings. The molecular weight excluding hydrogens is 232 g/mol. The van der Waals surface area contributed by atoms with Gasteiger partial charge < -0.3 is 4.74 Å². The largest absolute Gasteiger partial charge is 0.496 e. The minimum absolute atomic E-state index is 0.0312. The summed E-state index contributed by atoms with van der Waals surface area (Å²) in [5, 5.41) is 1.91. The molecular formula is C14H14O2S. The summed E-state index contributed by atoms with van der Waals surface area (Å²) in [5.41, 5.74) is 2.71. The number of methoxy groups -OCH3 is 1. The zero-order valence-electron chi connectivity index (χ0n) is 10.1. The highest BCUT2D eigenvalue weighted by Gasteiger charge is 2.17. The molecule has 1 aromatic heterocycles. The molecule has 0 atom stereocenters. The first-order chi connectivity index (χ1) is 8.13. The molecule has 0 spiro atoms. The molecule has 0 saturated carbocycles. The fourth-order valence-electron chi connectivity index (χ4n) is 1.93. The summed E-state index contributed by atoms with van der Waals surface area (Å²) in [5.74, 6) is 0.706. The fraction of sp³-hybridized carbons (Fsp3) is 0.214. The quantitative estimate of drug-likeness (QED) is 0.773. The Bertz CT molecular complexity index is 542. The Morgan fingerprint density at radius 2 is 2.06 bits per heavy atom. The monoisotopic (exact) mass is 246 g/mol. The lowest BCUT2D eigenvalue weighted by Gasteiger charge is -2.11. The van der Waals surface area contributed by atoms with Crippen LogP contribution in [0, 0.1) is 13.8 Å². The van der Waals surface area contributed by atoms with Gasteiger partial charge in [0.2, 0.25) is 5.78 Å². The number of hydrogen-bond donors (Lipinski definition) is 0. The molecule has 0 aliphatic rings. The van der Waals surface area contributed by atoms with E-state index < -0.39 is 0 Å². The van der Waals surface area contributed by atoms with Gasteiger partial charge in [-0.2, -0.15) is 0 Å². The standard InChI is InChI=1S/C14H14O2S/c1-9-7-10(2)14(16-3)11(8-9)13(15)12-5-4-6-17-12/h4-8H,1-3H3. The summed E-state index contributed by atoms with van der Waals surface area (Å²) in [6.45, 7) is 3.94. The molecule has 0 unspecified atom stereocenters. The van der Waals surface area contributed by atoms with E-state index in [1.165, 1.54) is 11.3 Å². The molecule has 0 fully saturated rings. The van der Waals surface area contributed by atoms with Gasteiger partial charge in [0.25, 0.3) is 0 Å². The second kappa shape index (κ2) is 4.72. The summed E-state index contributed by atoms with van der Waals surface area (Å²) in [6.07, 6.45) is 0. The van der Waals surface area contributed by atoms with Crippen LogP contribution < -0.4 is 4.74 Å². The smallest absolute Gasteiger partial charge is 0.206 e. The Morgan fingerprint density at radius 3 is 2.65 bits per heavy atom. The van der Waals surface area contributed by atoms with Gasteiger partial charge >= 0.3 is 0 Å². The Hall–Kier alpha value is -1.61. The first-order valence-electron chi connectivity index (χ1n) is 5.37. The van der Waals surface area contributed by atoms with Gasteiger partial charge in [0, 0.05) is 0 Å². The van der Waals surface area contributed by atoms with Crippen molar-refractivity contribution < 1.29 is 9.53 Å². The second-order valence-electron chi connectivity index (χ2n) is 3.97. The second-order valence-corrected chi connectivity index (χ2v) is 4.92. The minimum Gasteiger partial charge on any atom is -0.496 e. The van der Waals surface area contributed by atoms with Gasteiger partial charge in [-0.25, -0.2) is 0 Å². The van der Waals surface area contributed by atoms with Gasteiger partial charge in [-0.15, -0.1) is 11.3 Å². The number of hydrogen-bond acceptors (Lipinski definition) is 3. The summed E-state index contributed by atoms with van der Waals surface area (Å²) in [6, 6.07) is 7.62. The number of benzene rings is 1. The molecule has 88 valence electrons. The van der Waals surface area contributed by atoms with E-state index in [0.717, 1.165) is 16.0 Å². The third-order valence-electron chi connectivity index (χ3n) is 2.61. The SMILES string of the molecule is COc1c(C)cc(C)cc1C(=O)c1cccs1. The average molecular weight is 246 g/mol. The summed E-state index contributed by atoms with van der Waals surface area (Å²) >= 11 is 1.45. The molecule has 2 rings (SSSR count). The van der Waals surface area contributed by atoms with E-state index in [2.05, 4.69) is 0 Å². The van der Waals surface area contributed by atoms with Crippen LogP contribution in [0.5, 0.6) is 5.75 Å². The number of rotatable bonds is 3. The Balaban J connectivity index is 2.55. The Morgan fingerprint density at radius 1 is 1.29 bits per heavy atom. The molecule has 0 bridgehead atoms. The van der Waals surface area contributed by atoms with Crippen LogP contribution in [0.4, 0.5) is 0 Å². The minimum atomic E-state index is 0.0312. The number of aryl methyl sites for hydroxylation is 2. The zero-order valence-corrected chi connectivity index (χ0v) is 10.9. The maximum atomic E-state index is 12.3. The van der Waals surface area contributed by atoms with E-state index >= 15 is 0 Å². The van der Waals surface area contributed by atoms with Gasteiger partial charge in [0.05, 0.1) is 17.6 Å². The van der Waals surface area contributed by atoms with Crippen LogP contribution in [-0.4, -0.2) is 12.9 Å². The first-order valence-corrected chi connectivity index (χ1v) is 6.25. The third-order valence-corrected chi connectivity index (χ3v) is 3.48. The van der Waals surface area contributed by atoms with Crippen LogP contribution in [0.25, 0.3) is 0 Å². The molecule has 0 radical (unpaired) electrons. The van der Waals surface area contributed by atoms with Gasteiger partial charge in [0.15, 0.2) is 0 Å². The summed E-state index contributed by atoms with van der Waals surface area (Å²) in [4.78, 5) is 13.1. The lowest BCUT2D eigenvalue weighted by Crippen LogP contribution is -2.04.